The van der Waals surface area contributed by atoms with Crippen molar-refractivity contribution in [1.82, 2.24) is 25.1 Å². The lowest BCUT2D eigenvalue weighted by Crippen LogP contribution is -2.50. The molecular weight excluding hydrogens is 582 g/mol. The van der Waals surface area contributed by atoms with Crippen LogP contribution in [0.4, 0.5) is 33.6 Å². The van der Waals surface area contributed by atoms with Gasteiger partial charge >= 0.3 is 6.03 Å². The molecule has 12 nitrogen and oxygen atoms in total. The first-order valence-electron chi connectivity index (χ1n) is 15.3. The summed E-state index contributed by atoms with van der Waals surface area (Å²) in [4.78, 5) is 53.6. The first kappa shape index (κ1) is 32.0. The van der Waals surface area contributed by atoms with Crippen molar-refractivity contribution < 1.29 is 14.4 Å². The summed E-state index contributed by atoms with van der Waals surface area (Å²) in [6, 6.07) is 12.1. The highest BCUT2D eigenvalue weighted by Gasteiger charge is 2.24. The topological polar surface area (TPSA) is 135 Å². The van der Waals surface area contributed by atoms with E-state index < -0.39 is 5.91 Å². The normalized spacial score (nSPS) is 15.4. The zero-order valence-corrected chi connectivity index (χ0v) is 26.2. The van der Waals surface area contributed by atoms with Gasteiger partial charge < -0.3 is 36.0 Å². The molecule has 2 saturated heterocycles. The third-order valence-electron chi connectivity index (χ3n) is 8.14. The molecular formula is C34H39N9O3. The van der Waals surface area contributed by atoms with E-state index in [2.05, 4.69) is 55.6 Å². The lowest BCUT2D eigenvalue weighted by Gasteiger charge is -2.36. The van der Waals surface area contributed by atoms with Crippen molar-refractivity contribution in [2.24, 2.45) is 0 Å². The molecule has 0 radical (unpaired) electrons. The highest BCUT2D eigenvalue weighted by atomic mass is 16.2. The van der Waals surface area contributed by atoms with E-state index >= 15 is 0 Å². The fraction of sp³-hybridized carbons (Fsp3) is 0.324. The fourth-order valence-corrected chi connectivity index (χ4v) is 5.41. The van der Waals surface area contributed by atoms with E-state index in [-0.39, 0.29) is 18.0 Å². The number of terminal acetylenes is 1. The zero-order chi connectivity index (χ0) is 32.6. The van der Waals surface area contributed by atoms with Crippen LogP contribution < -0.4 is 26.2 Å². The van der Waals surface area contributed by atoms with Gasteiger partial charge in [-0.05, 0) is 88.4 Å². The quantitative estimate of drug-likeness (QED) is 0.220. The van der Waals surface area contributed by atoms with E-state index in [1.54, 1.807) is 53.6 Å². The molecule has 4 amide bonds. The molecule has 2 aliphatic rings. The molecule has 0 spiro atoms. The number of piperidine rings is 1. The summed E-state index contributed by atoms with van der Waals surface area (Å²) < 4.78 is 0. The van der Waals surface area contributed by atoms with Crippen LogP contribution in [0.1, 0.15) is 34.3 Å². The molecule has 12 heteroatoms. The van der Waals surface area contributed by atoms with E-state index in [0.717, 1.165) is 42.9 Å². The summed E-state index contributed by atoms with van der Waals surface area (Å²) >= 11 is 0. The molecule has 5 rings (SSSR count). The van der Waals surface area contributed by atoms with Gasteiger partial charge in [0.1, 0.15) is 5.82 Å². The number of rotatable bonds is 8. The molecule has 238 valence electrons. The number of aromatic nitrogens is 2. The SMILES string of the molecule is C#Cc1ccc(NC(=O)N2CCN(c3nc(Nc4ccc(C(=O)NC5CCN(C)CC5)cc4NC(=O)C=C)ncc3C)CC2)cc1. The molecule has 46 heavy (non-hydrogen) atoms. The van der Waals surface area contributed by atoms with Crippen molar-refractivity contribution in [3.63, 3.8) is 0 Å². The molecule has 2 fully saturated rings. The maximum atomic E-state index is 13.1. The van der Waals surface area contributed by atoms with E-state index in [0.29, 0.717) is 54.8 Å². The summed E-state index contributed by atoms with van der Waals surface area (Å²) in [5.74, 6) is 3.03. The molecule has 0 saturated carbocycles. The second-order valence-electron chi connectivity index (χ2n) is 11.5. The molecule has 2 aromatic carbocycles. The van der Waals surface area contributed by atoms with Crippen LogP contribution in [0.3, 0.4) is 0 Å². The monoisotopic (exact) mass is 621 g/mol. The Morgan fingerprint density at radius 1 is 0.978 bits per heavy atom. The Hall–Kier alpha value is -5.41. The fourth-order valence-electron chi connectivity index (χ4n) is 5.41. The minimum atomic E-state index is -0.409. The van der Waals surface area contributed by atoms with Crippen LogP contribution in [0.2, 0.25) is 0 Å². The number of amides is 4. The van der Waals surface area contributed by atoms with Gasteiger partial charge in [-0.1, -0.05) is 12.5 Å². The molecule has 0 bridgehead atoms. The Labute approximate surface area is 269 Å². The molecule has 0 atom stereocenters. The number of hydrogen-bond acceptors (Lipinski definition) is 8. The van der Waals surface area contributed by atoms with E-state index in [4.69, 9.17) is 11.4 Å². The van der Waals surface area contributed by atoms with Crippen LogP contribution in [0.25, 0.3) is 0 Å². The highest BCUT2D eigenvalue weighted by molar-refractivity contribution is 6.03. The van der Waals surface area contributed by atoms with Crippen LogP contribution in [0, 0.1) is 19.3 Å². The van der Waals surface area contributed by atoms with Crippen LogP contribution in [-0.4, -0.2) is 90.0 Å². The van der Waals surface area contributed by atoms with Crippen molar-refractivity contribution in [2.45, 2.75) is 25.8 Å². The summed E-state index contributed by atoms with van der Waals surface area (Å²) in [5, 5.41) is 12.0. The van der Waals surface area contributed by atoms with Gasteiger partial charge in [0.15, 0.2) is 0 Å². The molecule has 2 aliphatic heterocycles. The van der Waals surface area contributed by atoms with Gasteiger partial charge in [-0.2, -0.15) is 4.98 Å². The summed E-state index contributed by atoms with van der Waals surface area (Å²) in [6.07, 6.45) is 10.1. The van der Waals surface area contributed by atoms with Gasteiger partial charge in [0.2, 0.25) is 11.9 Å². The number of hydrogen-bond donors (Lipinski definition) is 4. The zero-order valence-electron chi connectivity index (χ0n) is 26.2. The van der Waals surface area contributed by atoms with Crippen molar-refractivity contribution in [2.75, 3.05) is 67.2 Å². The largest absolute Gasteiger partial charge is 0.353 e. The van der Waals surface area contributed by atoms with E-state index in [1.165, 1.54) is 6.08 Å². The molecule has 4 N–H and O–H groups in total. The molecule has 0 aliphatic carbocycles. The predicted octanol–water partition coefficient (Wildman–Crippen LogP) is 3.81. The van der Waals surface area contributed by atoms with E-state index in [9.17, 15) is 14.4 Å². The summed E-state index contributed by atoms with van der Waals surface area (Å²) in [7, 11) is 2.07. The average Bonchev–Trinajstić information content (AvgIpc) is 3.07. The number of piperazine rings is 1. The Morgan fingerprint density at radius 2 is 1.70 bits per heavy atom. The smallest absolute Gasteiger partial charge is 0.321 e. The molecule has 3 heterocycles. The first-order valence-corrected chi connectivity index (χ1v) is 15.3. The Kier molecular flexibility index (Phi) is 10.1. The number of urea groups is 1. The van der Waals surface area contributed by atoms with E-state index in [1.807, 2.05) is 6.92 Å². The third-order valence-corrected chi connectivity index (χ3v) is 8.14. The number of nitrogens with zero attached hydrogens (tertiary/aromatic N) is 5. The first-order chi connectivity index (χ1) is 22.2. The summed E-state index contributed by atoms with van der Waals surface area (Å²) in [6.45, 7) is 9.54. The Morgan fingerprint density at radius 3 is 2.37 bits per heavy atom. The highest BCUT2D eigenvalue weighted by Crippen LogP contribution is 2.28. The predicted molar refractivity (Wildman–Crippen MR) is 180 cm³/mol. The lowest BCUT2D eigenvalue weighted by molar-refractivity contribution is -0.111. The maximum Gasteiger partial charge on any atom is 0.321 e. The van der Waals surface area contributed by atoms with Crippen molar-refractivity contribution >= 4 is 46.7 Å². The van der Waals surface area contributed by atoms with Crippen LogP contribution in [0.5, 0.6) is 0 Å². The lowest BCUT2D eigenvalue weighted by atomic mass is 10.0. The van der Waals surface area contributed by atoms with Crippen molar-refractivity contribution in [3.8, 4) is 12.3 Å². The second kappa shape index (κ2) is 14.6. The average molecular weight is 622 g/mol. The number of benzene rings is 2. The van der Waals surface area contributed by atoms with Crippen LogP contribution in [-0.2, 0) is 4.79 Å². The van der Waals surface area contributed by atoms with Crippen LogP contribution in [0.15, 0.2) is 61.3 Å². The number of likely N-dealkylation sites (tertiary alicyclic amines) is 1. The number of nitrogens with one attached hydrogen (secondary N) is 4. The summed E-state index contributed by atoms with van der Waals surface area (Å²) in [5.41, 5.74) is 3.68. The molecule has 0 unspecified atom stereocenters. The standard InChI is InChI=1S/C34H39N9O3/c1-5-24-7-10-26(11-8-24)37-34(46)43-19-17-42(18-20-43)31-23(3)22-35-33(40-31)39-28-12-9-25(21-29(28)38-30(44)6-2)32(45)36-27-13-15-41(4)16-14-27/h1,6-12,21-22,27H,2,13-20H2,3-4H3,(H,36,45)(H,37,46)(H,38,44)(H,35,39,40). The Balaban J connectivity index is 1.25. The minimum absolute atomic E-state index is 0.106. The third kappa shape index (κ3) is 7.99. The van der Waals surface area contributed by atoms with Gasteiger partial charge in [0, 0.05) is 60.8 Å². The number of carbonyl (C=O) groups is 3. The van der Waals surface area contributed by atoms with Crippen LogP contribution >= 0.6 is 0 Å². The van der Waals surface area contributed by atoms with Gasteiger partial charge in [-0.15, -0.1) is 6.42 Å². The van der Waals surface area contributed by atoms with Gasteiger partial charge in [-0.3, -0.25) is 9.59 Å². The molecule has 3 aromatic rings. The number of aryl methyl sites for hydroxylation is 1. The molecule has 1 aromatic heterocycles. The van der Waals surface area contributed by atoms with Gasteiger partial charge in [-0.25, -0.2) is 9.78 Å². The second-order valence-corrected chi connectivity index (χ2v) is 11.5. The van der Waals surface area contributed by atoms with Gasteiger partial charge in [0.05, 0.1) is 11.4 Å². The number of carbonyl (C=O) groups excluding carboxylic acids is 3. The van der Waals surface area contributed by atoms with Crippen molar-refractivity contribution in [3.05, 3.63) is 78.0 Å². The van der Waals surface area contributed by atoms with Gasteiger partial charge in [0.25, 0.3) is 5.91 Å². The maximum absolute atomic E-state index is 13.1. The number of anilines is 5. The Bertz CT molecular complexity index is 1630. The minimum Gasteiger partial charge on any atom is -0.353 e. The van der Waals surface area contributed by atoms with Crippen molar-refractivity contribution in [1.29, 1.82) is 0 Å².